The van der Waals surface area contributed by atoms with Crippen LogP contribution in [0.1, 0.15) is 5.69 Å². The molecule has 2 aromatic rings. The van der Waals surface area contributed by atoms with Crippen LogP contribution >= 0.6 is 22.9 Å². The summed E-state index contributed by atoms with van der Waals surface area (Å²) in [5, 5.41) is 2.21. The third-order valence-electron chi connectivity index (χ3n) is 1.75. The van der Waals surface area contributed by atoms with Crippen molar-refractivity contribution >= 4 is 22.9 Å². The third kappa shape index (κ3) is 2.02. The van der Waals surface area contributed by atoms with Gasteiger partial charge in [-0.25, -0.2) is 4.98 Å². The van der Waals surface area contributed by atoms with Crippen molar-refractivity contribution in [3.05, 3.63) is 50.3 Å². The van der Waals surface area contributed by atoms with E-state index in [1.54, 1.807) is 22.2 Å². The molecule has 0 atom stereocenters. The Hall–Kier alpha value is -1.13. The Balaban J connectivity index is 2.27. The number of rotatable bonds is 2. The molecule has 0 aliphatic carbocycles. The molecule has 0 saturated carbocycles. The first-order chi connectivity index (χ1) is 6.75. The lowest BCUT2D eigenvalue weighted by atomic mass is 10.3. The van der Waals surface area contributed by atoms with E-state index in [1.807, 2.05) is 12.1 Å². The molecular weight excluding hydrogens is 220 g/mol. The highest BCUT2D eigenvalue weighted by Crippen LogP contribution is 2.06. The fourth-order valence-electron chi connectivity index (χ4n) is 1.12. The van der Waals surface area contributed by atoms with Crippen LogP contribution in [0.4, 0.5) is 0 Å². The lowest BCUT2D eigenvalue weighted by molar-refractivity contribution is 0.761. The second kappa shape index (κ2) is 3.94. The van der Waals surface area contributed by atoms with Crippen LogP contribution in [0.15, 0.2) is 34.6 Å². The number of pyridine rings is 1. The zero-order valence-electron chi connectivity index (χ0n) is 7.18. The predicted octanol–water partition coefficient (Wildman–Crippen LogP) is 2.01. The molecule has 0 aromatic carbocycles. The van der Waals surface area contributed by atoms with Crippen LogP contribution in [-0.4, -0.2) is 9.55 Å². The molecular formula is C9H7ClN2OS. The zero-order valence-corrected chi connectivity index (χ0v) is 8.76. The maximum atomic E-state index is 11.2. The molecule has 2 aromatic heterocycles. The van der Waals surface area contributed by atoms with Gasteiger partial charge in [0.2, 0.25) is 0 Å². The van der Waals surface area contributed by atoms with Gasteiger partial charge in [0, 0.05) is 11.6 Å². The molecule has 0 aliphatic rings. The van der Waals surface area contributed by atoms with Gasteiger partial charge in [0.25, 0.3) is 0 Å². The van der Waals surface area contributed by atoms with Crippen LogP contribution in [0.5, 0.6) is 0 Å². The van der Waals surface area contributed by atoms with Gasteiger partial charge in [-0.2, -0.15) is 0 Å². The molecule has 0 fully saturated rings. The minimum Gasteiger partial charge on any atom is -0.300 e. The molecule has 0 saturated heterocycles. The number of halogens is 1. The Labute approximate surface area is 89.6 Å². The van der Waals surface area contributed by atoms with Crippen molar-refractivity contribution in [2.45, 2.75) is 6.54 Å². The standard InChI is InChI=1S/C9H7ClN2OS/c10-8-3-1-2-7(11-8)6-12-4-5-14-9(12)13/h1-5H,6H2. The van der Waals surface area contributed by atoms with Crippen LogP contribution in [0.3, 0.4) is 0 Å². The van der Waals surface area contributed by atoms with Gasteiger partial charge >= 0.3 is 4.87 Å². The number of nitrogens with zero attached hydrogens (tertiary/aromatic N) is 2. The maximum Gasteiger partial charge on any atom is 0.307 e. The fraction of sp³-hybridized carbons (Fsp3) is 0.111. The van der Waals surface area contributed by atoms with Gasteiger partial charge in [-0.3, -0.25) is 9.36 Å². The number of hydrogen-bond donors (Lipinski definition) is 0. The maximum absolute atomic E-state index is 11.2. The summed E-state index contributed by atoms with van der Waals surface area (Å²) in [5.41, 5.74) is 0.790. The molecule has 3 nitrogen and oxygen atoms in total. The minimum atomic E-state index is 0.0202. The third-order valence-corrected chi connectivity index (χ3v) is 2.65. The first kappa shape index (κ1) is 9.43. The SMILES string of the molecule is O=c1sccn1Cc1cccc(Cl)n1. The van der Waals surface area contributed by atoms with E-state index in [0.717, 1.165) is 5.69 Å². The largest absolute Gasteiger partial charge is 0.307 e. The lowest BCUT2D eigenvalue weighted by Crippen LogP contribution is -2.13. The normalized spacial score (nSPS) is 10.4. The molecule has 0 spiro atoms. The van der Waals surface area contributed by atoms with Gasteiger partial charge in [0.15, 0.2) is 0 Å². The predicted molar refractivity (Wildman–Crippen MR) is 56.9 cm³/mol. The lowest BCUT2D eigenvalue weighted by Gasteiger charge is -2.00. The Morgan fingerprint density at radius 1 is 1.50 bits per heavy atom. The van der Waals surface area contributed by atoms with Gasteiger partial charge in [0.1, 0.15) is 5.15 Å². The topological polar surface area (TPSA) is 34.9 Å². The van der Waals surface area contributed by atoms with Crippen LogP contribution in [0.2, 0.25) is 5.15 Å². The molecule has 2 rings (SSSR count). The smallest absolute Gasteiger partial charge is 0.300 e. The van der Waals surface area contributed by atoms with Crippen molar-refractivity contribution in [2.75, 3.05) is 0 Å². The summed E-state index contributed by atoms with van der Waals surface area (Å²) in [6.07, 6.45) is 1.75. The highest BCUT2D eigenvalue weighted by molar-refractivity contribution is 7.07. The molecule has 0 N–H and O–H groups in total. The summed E-state index contributed by atoms with van der Waals surface area (Å²) >= 11 is 6.90. The Morgan fingerprint density at radius 2 is 2.36 bits per heavy atom. The van der Waals surface area contributed by atoms with E-state index in [9.17, 15) is 4.79 Å². The average molecular weight is 227 g/mol. The Kier molecular flexibility index (Phi) is 2.65. The highest BCUT2D eigenvalue weighted by Gasteiger charge is 1.99. The molecule has 5 heteroatoms. The number of aromatic nitrogens is 2. The minimum absolute atomic E-state index is 0.0202. The first-order valence-corrected chi connectivity index (χ1v) is 5.27. The van der Waals surface area contributed by atoms with E-state index in [2.05, 4.69) is 4.98 Å². The second-order valence-corrected chi connectivity index (χ2v) is 3.99. The van der Waals surface area contributed by atoms with Crippen molar-refractivity contribution in [3.63, 3.8) is 0 Å². The highest BCUT2D eigenvalue weighted by atomic mass is 35.5. The quantitative estimate of drug-likeness (QED) is 0.735. The van der Waals surface area contributed by atoms with E-state index in [-0.39, 0.29) is 4.87 Å². The van der Waals surface area contributed by atoms with E-state index < -0.39 is 0 Å². The average Bonchev–Trinajstić information content (AvgIpc) is 2.52. The van der Waals surface area contributed by atoms with Crippen molar-refractivity contribution < 1.29 is 0 Å². The Bertz CT molecular complexity index is 491. The summed E-state index contributed by atoms with van der Waals surface area (Å²) < 4.78 is 1.60. The first-order valence-electron chi connectivity index (χ1n) is 4.01. The fourth-order valence-corrected chi connectivity index (χ4v) is 1.89. The molecule has 72 valence electrons. The molecule has 2 heterocycles. The van der Waals surface area contributed by atoms with E-state index in [0.29, 0.717) is 11.7 Å². The monoisotopic (exact) mass is 226 g/mol. The summed E-state index contributed by atoms with van der Waals surface area (Å²) in [4.78, 5) is 15.3. The van der Waals surface area contributed by atoms with E-state index in [4.69, 9.17) is 11.6 Å². The summed E-state index contributed by atoms with van der Waals surface area (Å²) in [7, 11) is 0. The van der Waals surface area contributed by atoms with Gasteiger partial charge in [-0.15, -0.1) is 0 Å². The molecule has 0 bridgehead atoms. The molecule has 0 unspecified atom stereocenters. The van der Waals surface area contributed by atoms with Crippen molar-refractivity contribution in [1.29, 1.82) is 0 Å². The molecule has 0 radical (unpaired) electrons. The van der Waals surface area contributed by atoms with Crippen LogP contribution in [0.25, 0.3) is 0 Å². The van der Waals surface area contributed by atoms with E-state index in [1.165, 1.54) is 11.3 Å². The molecule has 0 amide bonds. The van der Waals surface area contributed by atoms with Gasteiger partial charge in [-0.05, 0) is 12.1 Å². The van der Waals surface area contributed by atoms with Crippen LogP contribution < -0.4 is 4.87 Å². The van der Waals surface area contributed by atoms with Crippen molar-refractivity contribution in [2.24, 2.45) is 0 Å². The van der Waals surface area contributed by atoms with E-state index >= 15 is 0 Å². The Morgan fingerprint density at radius 3 is 3.00 bits per heavy atom. The zero-order chi connectivity index (χ0) is 9.97. The summed E-state index contributed by atoms with van der Waals surface area (Å²) in [6.45, 7) is 0.475. The summed E-state index contributed by atoms with van der Waals surface area (Å²) in [5.74, 6) is 0. The van der Waals surface area contributed by atoms with Crippen molar-refractivity contribution in [3.8, 4) is 0 Å². The summed E-state index contributed by atoms with van der Waals surface area (Å²) in [6, 6.07) is 5.37. The van der Waals surface area contributed by atoms with Gasteiger partial charge in [0.05, 0.1) is 12.2 Å². The van der Waals surface area contributed by atoms with Crippen LogP contribution in [0, 0.1) is 0 Å². The second-order valence-electron chi connectivity index (χ2n) is 2.75. The van der Waals surface area contributed by atoms with Crippen LogP contribution in [-0.2, 0) is 6.54 Å². The number of hydrogen-bond acceptors (Lipinski definition) is 3. The van der Waals surface area contributed by atoms with Crippen molar-refractivity contribution in [1.82, 2.24) is 9.55 Å². The molecule has 14 heavy (non-hydrogen) atoms. The molecule has 0 aliphatic heterocycles. The van der Waals surface area contributed by atoms with Gasteiger partial charge < -0.3 is 0 Å². The number of thiazole rings is 1. The van der Waals surface area contributed by atoms with Gasteiger partial charge in [-0.1, -0.05) is 29.0 Å².